The molecule has 0 atom stereocenters. The quantitative estimate of drug-likeness (QED) is 0.866. The van der Waals surface area contributed by atoms with Crippen LogP contribution in [-0.2, 0) is 5.75 Å². The van der Waals surface area contributed by atoms with Crippen molar-refractivity contribution in [2.75, 3.05) is 12.0 Å². The fraction of sp³-hybridized carbons (Fsp3) is 0.286. The summed E-state index contributed by atoms with van der Waals surface area (Å²) in [5.74, 6) is 0.859. The molecule has 0 aliphatic rings. The molecule has 2 N–H and O–H groups in total. The Bertz CT molecular complexity index is 438. The number of hydrogen-bond acceptors (Lipinski definition) is 8. The predicted molar refractivity (Wildman–Crippen MR) is 67.8 cm³/mol. The first-order valence-corrected chi connectivity index (χ1v) is 7.82. The van der Waals surface area contributed by atoms with Crippen molar-refractivity contribution in [2.24, 2.45) is 0 Å². The molecule has 2 heterocycles. The first kappa shape index (κ1) is 11.2. The number of anilines is 1. The second-order valence-electron chi connectivity index (χ2n) is 2.49. The number of rotatable bonds is 4. The van der Waals surface area contributed by atoms with Crippen LogP contribution in [-0.4, -0.2) is 21.4 Å². The van der Waals surface area contributed by atoms with Crippen LogP contribution in [0.25, 0.3) is 0 Å². The lowest BCUT2D eigenvalue weighted by Gasteiger charge is -1.90. The Labute approximate surface area is 104 Å². The summed E-state index contributed by atoms with van der Waals surface area (Å²) in [6, 6.07) is 0. The Kier molecular flexibility index (Phi) is 3.84. The van der Waals surface area contributed by atoms with Crippen LogP contribution >= 0.6 is 46.2 Å². The highest BCUT2D eigenvalue weighted by Gasteiger charge is 2.05. The van der Waals surface area contributed by atoms with Gasteiger partial charge in [-0.2, -0.15) is 0 Å². The second-order valence-corrected chi connectivity index (χ2v) is 6.89. The topological polar surface area (TPSA) is 64.7 Å². The van der Waals surface area contributed by atoms with Gasteiger partial charge in [-0.25, -0.2) is 4.98 Å². The summed E-state index contributed by atoms with van der Waals surface area (Å²) in [5.41, 5.74) is 5.54. The smallest absolute Gasteiger partial charge is 0.180 e. The number of thioether (sulfide) groups is 2. The van der Waals surface area contributed by atoms with Gasteiger partial charge in [0, 0.05) is 16.8 Å². The molecule has 8 heteroatoms. The molecule has 0 aromatic carbocycles. The van der Waals surface area contributed by atoms with Crippen molar-refractivity contribution in [3.05, 3.63) is 11.1 Å². The third kappa shape index (κ3) is 3.07. The first-order chi connectivity index (χ1) is 7.28. The van der Waals surface area contributed by atoms with Crippen LogP contribution in [0.3, 0.4) is 0 Å². The monoisotopic (exact) mass is 276 g/mol. The van der Waals surface area contributed by atoms with Crippen molar-refractivity contribution < 1.29 is 0 Å². The maximum absolute atomic E-state index is 5.54. The summed E-state index contributed by atoms with van der Waals surface area (Å²) in [5, 5.41) is 8.72. The minimum Gasteiger partial charge on any atom is -0.375 e. The molecule has 0 saturated heterocycles. The summed E-state index contributed by atoms with van der Waals surface area (Å²) >= 11 is 6.42. The van der Waals surface area contributed by atoms with E-state index in [1.54, 1.807) is 34.9 Å². The highest BCUT2D eigenvalue weighted by atomic mass is 32.2. The molecule has 0 unspecified atom stereocenters. The van der Waals surface area contributed by atoms with E-state index in [9.17, 15) is 0 Å². The van der Waals surface area contributed by atoms with Gasteiger partial charge in [-0.1, -0.05) is 34.9 Å². The van der Waals surface area contributed by atoms with E-state index >= 15 is 0 Å². The van der Waals surface area contributed by atoms with Gasteiger partial charge in [0.15, 0.2) is 13.8 Å². The van der Waals surface area contributed by atoms with Crippen molar-refractivity contribution in [2.45, 2.75) is 14.4 Å². The van der Waals surface area contributed by atoms with Crippen LogP contribution in [0.2, 0.25) is 0 Å². The number of thiazole rings is 1. The first-order valence-electron chi connectivity index (χ1n) is 3.98. The zero-order valence-corrected chi connectivity index (χ0v) is 11.1. The number of nitrogens with zero attached hydrogens (tertiary/aromatic N) is 3. The Morgan fingerprint density at radius 3 is 2.73 bits per heavy atom. The Morgan fingerprint density at radius 1 is 1.33 bits per heavy atom. The lowest BCUT2D eigenvalue weighted by atomic mass is 10.6. The summed E-state index contributed by atoms with van der Waals surface area (Å²) in [6.07, 6.45) is 3.81. The zero-order chi connectivity index (χ0) is 10.7. The largest absolute Gasteiger partial charge is 0.375 e. The van der Waals surface area contributed by atoms with Crippen LogP contribution in [0, 0.1) is 0 Å². The average Bonchev–Trinajstić information content (AvgIpc) is 2.83. The zero-order valence-electron chi connectivity index (χ0n) is 7.84. The minimum atomic E-state index is 0.618. The highest BCUT2D eigenvalue weighted by molar-refractivity contribution is 8.02. The van der Waals surface area contributed by atoms with Gasteiger partial charge in [0.1, 0.15) is 0 Å². The van der Waals surface area contributed by atoms with E-state index in [0.717, 1.165) is 14.4 Å². The molecule has 80 valence electrons. The summed E-state index contributed by atoms with van der Waals surface area (Å²) < 4.78 is 1.99. The van der Waals surface area contributed by atoms with Gasteiger partial charge in [-0.15, -0.1) is 21.5 Å². The molecular weight excluding hydrogens is 268 g/mol. The van der Waals surface area contributed by atoms with E-state index in [-0.39, 0.29) is 0 Å². The standard InChI is InChI=1S/C7H8N4S4/c1-12-6-10-11-7(15-6)13-3-4-2-9-5(8)14-4/h2H,3H2,1H3,(H2,8,9). The SMILES string of the molecule is CSc1nnc(SCc2cnc(N)s2)s1. The lowest BCUT2D eigenvalue weighted by molar-refractivity contribution is 0.956. The summed E-state index contributed by atoms with van der Waals surface area (Å²) in [4.78, 5) is 5.16. The molecule has 2 aromatic heterocycles. The molecular formula is C7H8N4S4. The van der Waals surface area contributed by atoms with E-state index < -0.39 is 0 Å². The molecule has 2 aromatic rings. The Morgan fingerprint density at radius 2 is 2.13 bits per heavy atom. The molecule has 0 radical (unpaired) electrons. The van der Waals surface area contributed by atoms with Gasteiger partial charge in [-0.3, -0.25) is 0 Å². The fourth-order valence-corrected chi connectivity index (χ4v) is 4.00. The van der Waals surface area contributed by atoms with Crippen LogP contribution in [0.1, 0.15) is 4.88 Å². The highest BCUT2D eigenvalue weighted by Crippen LogP contribution is 2.31. The van der Waals surface area contributed by atoms with Gasteiger partial charge < -0.3 is 5.73 Å². The van der Waals surface area contributed by atoms with E-state index in [2.05, 4.69) is 15.2 Å². The summed E-state index contributed by atoms with van der Waals surface area (Å²) in [7, 11) is 0. The Hall–Kier alpha value is -0.310. The van der Waals surface area contributed by atoms with Gasteiger partial charge in [0.25, 0.3) is 0 Å². The number of hydrogen-bond donors (Lipinski definition) is 1. The van der Waals surface area contributed by atoms with Crippen molar-refractivity contribution in [1.29, 1.82) is 0 Å². The maximum atomic E-state index is 5.54. The van der Waals surface area contributed by atoms with Gasteiger partial charge in [-0.05, 0) is 6.26 Å². The van der Waals surface area contributed by atoms with Crippen molar-refractivity contribution in [1.82, 2.24) is 15.2 Å². The third-order valence-electron chi connectivity index (χ3n) is 1.47. The summed E-state index contributed by atoms with van der Waals surface area (Å²) in [6.45, 7) is 0. The fourth-order valence-electron chi connectivity index (χ4n) is 0.860. The molecule has 0 saturated carbocycles. The van der Waals surface area contributed by atoms with E-state index in [1.165, 1.54) is 16.2 Å². The lowest BCUT2D eigenvalue weighted by Crippen LogP contribution is -1.77. The number of nitrogen functional groups attached to an aromatic ring is 1. The average molecular weight is 276 g/mol. The molecule has 0 bridgehead atoms. The minimum absolute atomic E-state index is 0.618. The number of nitrogens with two attached hydrogens (primary N) is 1. The van der Waals surface area contributed by atoms with Crippen molar-refractivity contribution >= 4 is 51.3 Å². The van der Waals surface area contributed by atoms with Gasteiger partial charge in [0.2, 0.25) is 0 Å². The number of aromatic nitrogens is 3. The predicted octanol–water partition coefficient (Wildman–Crippen LogP) is 2.59. The molecule has 15 heavy (non-hydrogen) atoms. The van der Waals surface area contributed by atoms with Gasteiger partial charge in [0.05, 0.1) is 0 Å². The second kappa shape index (κ2) is 5.15. The molecule has 0 aliphatic heterocycles. The molecule has 0 fully saturated rings. The molecule has 4 nitrogen and oxygen atoms in total. The van der Waals surface area contributed by atoms with Crippen molar-refractivity contribution in [3.8, 4) is 0 Å². The van der Waals surface area contributed by atoms with Crippen LogP contribution in [0.4, 0.5) is 5.13 Å². The molecule has 0 amide bonds. The Balaban J connectivity index is 1.93. The van der Waals surface area contributed by atoms with Gasteiger partial charge >= 0.3 is 0 Å². The van der Waals surface area contributed by atoms with Crippen LogP contribution in [0.5, 0.6) is 0 Å². The van der Waals surface area contributed by atoms with E-state index in [0.29, 0.717) is 5.13 Å². The molecule has 0 spiro atoms. The van der Waals surface area contributed by atoms with E-state index in [4.69, 9.17) is 5.73 Å². The van der Waals surface area contributed by atoms with Crippen LogP contribution < -0.4 is 5.73 Å². The normalized spacial score (nSPS) is 10.7. The molecule has 0 aliphatic carbocycles. The van der Waals surface area contributed by atoms with Crippen molar-refractivity contribution in [3.63, 3.8) is 0 Å². The van der Waals surface area contributed by atoms with E-state index in [1.807, 2.05) is 12.5 Å². The molecule has 2 rings (SSSR count). The maximum Gasteiger partial charge on any atom is 0.180 e. The third-order valence-corrected chi connectivity index (χ3v) is 5.56. The van der Waals surface area contributed by atoms with Crippen LogP contribution in [0.15, 0.2) is 14.9 Å².